The molecule has 0 aromatic carbocycles. The molecule has 0 bridgehead atoms. The van der Waals surface area contributed by atoms with E-state index in [0.29, 0.717) is 24.6 Å². The number of morpholine rings is 1. The smallest absolute Gasteiger partial charge is 0.255 e. The Labute approximate surface area is 177 Å². The number of amides is 1. The summed E-state index contributed by atoms with van der Waals surface area (Å²) in [5.41, 5.74) is 2.33. The molecule has 30 heavy (non-hydrogen) atoms. The second-order valence-corrected chi connectivity index (χ2v) is 8.57. The summed E-state index contributed by atoms with van der Waals surface area (Å²) in [4.78, 5) is 15.4. The van der Waals surface area contributed by atoms with Crippen LogP contribution in [0.1, 0.15) is 50.4 Å². The maximum Gasteiger partial charge on any atom is 0.255 e. The van der Waals surface area contributed by atoms with E-state index in [1.165, 1.54) is 0 Å². The summed E-state index contributed by atoms with van der Waals surface area (Å²) in [5, 5.41) is 8.60. The first-order valence-electron chi connectivity index (χ1n) is 10.9. The van der Waals surface area contributed by atoms with Crippen molar-refractivity contribution in [2.75, 3.05) is 13.1 Å². The number of hydrogen-bond acceptors (Lipinski definition) is 4. The minimum atomic E-state index is 0.0406. The van der Waals surface area contributed by atoms with Gasteiger partial charge in [-0.2, -0.15) is 0 Å². The lowest BCUT2D eigenvalue weighted by molar-refractivity contribution is -0.0962. The molecule has 4 heterocycles. The molecule has 1 fully saturated rings. The van der Waals surface area contributed by atoms with Crippen molar-refractivity contribution in [2.45, 2.75) is 52.2 Å². The van der Waals surface area contributed by atoms with Crippen LogP contribution in [0, 0.1) is 5.92 Å². The molecule has 0 unspecified atom stereocenters. The van der Waals surface area contributed by atoms with Gasteiger partial charge >= 0.3 is 0 Å². The Balaban J connectivity index is 1.62. The molecule has 0 aliphatic carbocycles. The number of hydrogen-bond donors (Lipinski definition) is 0. The van der Waals surface area contributed by atoms with Crippen LogP contribution in [0.2, 0.25) is 0 Å². The lowest BCUT2D eigenvalue weighted by Gasteiger charge is -2.40. The molecule has 1 aliphatic heterocycles. The predicted octanol–water partition coefficient (Wildman–Crippen LogP) is 3.79. The number of ether oxygens (including phenoxy) is 1. The fourth-order valence-electron chi connectivity index (χ4n) is 4.06. The fraction of sp³-hybridized carbons (Fsp3) is 0.522. The van der Waals surface area contributed by atoms with Gasteiger partial charge in [0.15, 0.2) is 11.5 Å². The predicted molar refractivity (Wildman–Crippen MR) is 116 cm³/mol. The molecule has 7 nitrogen and oxygen atoms in total. The van der Waals surface area contributed by atoms with Crippen LogP contribution in [0.25, 0.3) is 17.2 Å². The van der Waals surface area contributed by atoms with Crippen molar-refractivity contribution in [1.29, 1.82) is 0 Å². The Morgan fingerprint density at radius 1 is 1.23 bits per heavy atom. The molecule has 1 aliphatic rings. The summed E-state index contributed by atoms with van der Waals surface area (Å²) < 4.78 is 10.2. The van der Waals surface area contributed by atoms with Gasteiger partial charge < -0.3 is 14.2 Å². The van der Waals surface area contributed by atoms with Gasteiger partial charge in [-0.15, -0.1) is 10.2 Å². The Morgan fingerprint density at radius 2 is 2.07 bits per heavy atom. The number of pyridine rings is 1. The van der Waals surface area contributed by atoms with E-state index < -0.39 is 0 Å². The van der Waals surface area contributed by atoms with Crippen LogP contribution < -0.4 is 0 Å². The molecule has 0 N–H and O–H groups in total. The lowest BCUT2D eigenvalue weighted by Crippen LogP contribution is -2.51. The van der Waals surface area contributed by atoms with Crippen LogP contribution in [-0.2, 0) is 11.8 Å². The highest BCUT2D eigenvalue weighted by molar-refractivity contribution is 5.94. The molecule has 3 aromatic heterocycles. The molecular formula is C23H31N5O2. The highest BCUT2D eigenvalue weighted by Crippen LogP contribution is 2.24. The molecule has 7 heteroatoms. The normalized spacial score (nSPS) is 19.7. The second kappa shape index (κ2) is 8.60. The van der Waals surface area contributed by atoms with Crippen molar-refractivity contribution in [3.05, 3.63) is 42.2 Å². The average Bonchev–Trinajstić information content (AvgIpc) is 3.36. The lowest BCUT2D eigenvalue weighted by atomic mass is 10.0. The number of rotatable bonds is 6. The van der Waals surface area contributed by atoms with Crippen LogP contribution in [0.15, 0.2) is 36.7 Å². The van der Waals surface area contributed by atoms with E-state index in [1.807, 2.05) is 57.6 Å². The number of unbranched alkanes of at least 4 members (excludes halogenated alkanes) is 1. The summed E-state index contributed by atoms with van der Waals surface area (Å²) in [7, 11) is 1.97. The van der Waals surface area contributed by atoms with E-state index in [2.05, 4.69) is 31.0 Å². The van der Waals surface area contributed by atoms with Crippen LogP contribution in [0.4, 0.5) is 0 Å². The third-order valence-corrected chi connectivity index (χ3v) is 5.92. The van der Waals surface area contributed by atoms with Crippen molar-refractivity contribution >= 4 is 11.6 Å². The number of fused-ring (bicyclic) bond motifs is 1. The van der Waals surface area contributed by atoms with E-state index in [1.54, 1.807) is 0 Å². The average molecular weight is 410 g/mol. The minimum absolute atomic E-state index is 0.0406. The molecule has 3 aromatic rings. The van der Waals surface area contributed by atoms with Gasteiger partial charge in [0.2, 0.25) is 0 Å². The van der Waals surface area contributed by atoms with Gasteiger partial charge in [0.05, 0.1) is 23.5 Å². The van der Waals surface area contributed by atoms with Crippen molar-refractivity contribution in [1.82, 2.24) is 24.1 Å². The Morgan fingerprint density at radius 3 is 2.77 bits per heavy atom. The van der Waals surface area contributed by atoms with Crippen molar-refractivity contribution in [3.63, 3.8) is 0 Å². The van der Waals surface area contributed by atoms with Gasteiger partial charge in [0.25, 0.3) is 5.91 Å². The van der Waals surface area contributed by atoms with Gasteiger partial charge in [0, 0.05) is 32.5 Å². The Kier molecular flexibility index (Phi) is 5.90. The SMILES string of the molecule is CCCC[C@@H]1CN(C(=O)c2ccc3nnc(-c4cccn4C)n3c2)C[C@H](C(C)C)O1. The van der Waals surface area contributed by atoms with Crippen LogP contribution in [-0.4, -0.2) is 55.3 Å². The van der Waals surface area contributed by atoms with Crippen LogP contribution in [0.5, 0.6) is 0 Å². The van der Waals surface area contributed by atoms with Gasteiger partial charge in [-0.3, -0.25) is 9.20 Å². The van der Waals surface area contributed by atoms with Crippen LogP contribution in [0.3, 0.4) is 0 Å². The summed E-state index contributed by atoms with van der Waals surface area (Å²) in [6.07, 6.45) is 7.25. The maximum atomic E-state index is 13.4. The zero-order valence-corrected chi connectivity index (χ0v) is 18.3. The van der Waals surface area contributed by atoms with Gasteiger partial charge in [0.1, 0.15) is 0 Å². The highest BCUT2D eigenvalue weighted by Gasteiger charge is 2.32. The highest BCUT2D eigenvalue weighted by atomic mass is 16.5. The van der Waals surface area contributed by atoms with Crippen molar-refractivity contribution < 1.29 is 9.53 Å². The Hall–Kier alpha value is -2.67. The summed E-state index contributed by atoms with van der Waals surface area (Å²) in [6.45, 7) is 7.77. The van der Waals surface area contributed by atoms with E-state index in [9.17, 15) is 4.79 Å². The molecule has 0 spiro atoms. The number of carbonyl (C=O) groups is 1. The molecule has 0 saturated carbocycles. The number of aryl methyl sites for hydroxylation is 1. The van der Waals surface area contributed by atoms with Crippen molar-refractivity contribution in [3.8, 4) is 11.5 Å². The quantitative estimate of drug-likeness (QED) is 0.621. The first-order valence-corrected chi connectivity index (χ1v) is 10.9. The zero-order chi connectivity index (χ0) is 21.3. The summed E-state index contributed by atoms with van der Waals surface area (Å²) >= 11 is 0. The van der Waals surface area contributed by atoms with E-state index >= 15 is 0 Å². The monoisotopic (exact) mass is 409 g/mol. The molecule has 1 saturated heterocycles. The molecule has 4 rings (SSSR count). The van der Waals surface area contributed by atoms with E-state index in [4.69, 9.17) is 4.74 Å². The molecule has 1 amide bonds. The largest absolute Gasteiger partial charge is 0.371 e. The zero-order valence-electron chi connectivity index (χ0n) is 18.3. The second-order valence-electron chi connectivity index (χ2n) is 8.57. The molecule has 0 radical (unpaired) electrons. The fourth-order valence-corrected chi connectivity index (χ4v) is 4.06. The third kappa shape index (κ3) is 3.99. The molecule has 160 valence electrons. The summed E-state index contributed by atoms with van der Waals surface area (Å²) in [6, 6.07) is 7.68. The minimum Gasteiger partial charge on any atom is -0.371 e. The standard InChI is InChI=1S/C23H31N5O2/c1-5-6-8-18-14-27(15-20(30-18)16(2)3)23(29)17-10-11-21-24-25-22(28(21)13-17)19-9-7-12-26(19)4/h7,9-13,16,18,20H,5-6,8,14-15H2,1-4H3/t18-,20-/m1/s1. The van der Waals surface area contributed by atoms with E-state index in [-0.39, 0.29) is 18.1 Å². The van der Waals surface area contributed by atoms with Gasteiger partial charge in [-0.25, -0.2) is 0 Å². The van der Waals surface area contributed by atoms with Crippen molar-refractivity contribution in [2.24, 2.45) is 13.0 Å². The first-order chi connectivity index (χ1) is 14.5. The third-order valence-electron chi connectivity index (χ3n) is 5.92. The first kappa shape index (κ1) is 20.6. The molecule has 2 atom stereocenters. The number of aromatic nitrogens is 4. The Bertz CT molecular complexity index is 1020. The number of carbonyl (C=O) groups excluding carboxylic acids is 1. The summed E-state index contributed by atoms with van der Waals surface area (Å²) in [5.74, 6) is 1.14. The molecular weight excluding hydrogens is 378 g/mol. The maximum absolute atomic E-state index is 13.4. The number of nitrogens with zero attached hydrogens (tertiary/aromatic N) is 5. The van der Waals surface area contributed by atoms with Gasteiger partial charge in [-0.1, -0.05) is 33.6 Å². The topological polar surface area (TPSA) is 64.7 Å². The van der Waals surface area contributed by atoms with Gasteiger partial charge in [-0.05, 0) is 36.6 Å². The van der Waals surface area contributed by atoms with E-state index in [0.717, 1.165) is 36.4 Å². The van der Waals surface area contributed by atoms with Crippen LogP contribution >= 0.6 is 0 Å².